The van der Waals surface area contributed by atoms with E-state index in [-0.39, 0.29) is 23.3 Å². The summed E-state index contributed by atoms with van der Waals surface area (Å²) in [5.41, 5.74) is 0.824. The number of anilines is 1. The van der Waals surface area contributed by atoms with Gasteiger partial charge in [-0.3, -0.25) is 10.1 Å². The second kappa shape index (κ2) is 6.49. The topological polar surface area (TPSA) is 75.8 Å². The van der Waals surface area contributed by atoms with Crippen LogP contribution in [0.4, 0.5) is 11.4 Å². The SMILES string of the molecule is O=[N+]([O-])c1ccccc1N1CCC(OCCO)CC1. The number of nitrogens with zero attached hydrogens (tertiary/aromatic N) is 2. The molecule has 19 heavy (non-hydrogen) atoms. The van der Waals surface area contributed by atoms with E-state index in [4.69, 9.17) is 9.84 Å². The maximum atomic E-state index is 11.0. The fourth-order valence-electron chi connectivity index (χ4n) is 2.37. The van der Waals surface area contributed by atoms with E-state index in [1.165, 1.54) is 6.07 Å². The third kappa shape index (κ3) is 3.42. The Morgan fingerprint density at radius 2 is 2.05 bits per heavy atom. The largest absolute Gasteiger partial charge is 0.394 e. The molecule has 6 heteroatoms. The van der Waals surface area contributed by atoms with Crippen molar-refractivity contribution in [3.8, 4) is 0 Å². The summed E-state index contributed by atoms with van der Waals surface area (Å²) >= 11 is 0. The number of hydrogen-bond donors (Lipinski definition) is 1. The molecule has 0 saturated carbocycles. The minimum Gasteiger partial charge on any atom is -0.394 e. The number of rotatable bonds is 5. The lowest BCUT2D eigenvalue weighted by atomic mass is 10.1. The van der Waals surface area contributed by atoms with E-state index < -0.39 is 0 Å². The lowest BCUT2D eigenvalue weighted by molar-refractivity contribution is -0.384. The molecule has 0 atom stereocenters. The summed E-state index contributed by atoms with van der Waals surface area (Å²) in [6, 6.07) is 6.81. The van der Waals surface area contributed by atoms with Gasteiger partial charge in [0.15, 0.2) is 0 Å². The van der Waals surface area contributed by atoms with Crippen molar-refractivity contribution in [2.75, 3.05) is 31.2 Å². The van der Waals surface area contributed by atoms with Crippen LogP contribution in [0.15, 0.2) is 24.3 Å². The molecule has 6 nitrogen and oxygen atoms in total. The van der Waals surface area contributed by atoms with Crippen molar-refractivity contribution in [3.05, 3.63) is 34.4 Å². The molecule has 1 N–H and O–H groups in total. The third-order valence-electron chi connectivity index (χ3n) is 3.31. The first-order valence-corrected chi connectivity index (χ1v) is 6.43. The molecule has 1 heterocycles. The fourth-order valence-corrected chi connectivity index (χ4v) is 2.37. The van der Waals surface area contributed by atoms with E-state index >= 15 is 0 Å². The molecule has 0 bridgehead atoms. The van der Waals surface area contributed by atoms with Gasteiger partial charge in [-0.25, -0.2) is 0 Å². The second-order valence-electron chi connectivity index (χ2n) is 4.53. The molecule has 0 unspecified atom stereocenters. The van der Waals surface area contributed by atoms with Gasteiger partial charge in [0.1, 0.15) is 5.69 Å². The Balaban J connectivity index is 2.00. The van der Waals surface area contributed by atoms with Crippen LogP contribution in [-0.4, -0.2) is 42.4 Å². The van der Waals surface area contributed by atoms with Crippen LogP contribution in [0.2, 0.25) is 0 Å². The van der Waals surface area contributed by atoms with Crippen molar-refractivity contribution in [2.24, 2.45) is 0 Å². The van der Waals surface area contributed by atoms with Crippen molar-refractivity contribution in [1.29, 1.82) is 0 Å². The summed E-state index contributed by atoms with van der Waals surface area (Å²) in [7, 11) is 0. The molecule has 0 radical (unpaired) electrons. The summed E-state index contributed by atoms with van der Waals surface area (Å²) in [5, 5.41) is 19.7. The summed E-state index contributed by atoms with van der Waals surface area (Å²) in [4.78, 5) is 12.7. The van der Waals surface area contributed by atoms with Crippen molar-refractivity contribution in [3.63, 3.8) is 0 Å². The zero-order chi connectivity index (χ0) is 13.7. The van der Waals surface area contributed by atoms with Crippen molar-refractivity contribution in [1.82, 2.24) is 0 Å². The highest BCUT2D eigenvalue weighted by molar-refractivity contribution is 5.63. The molecule has 1 aromatic rings. The molecule has 1 saturated heterocycles. The van der Waals surface area contributed by atoms with Crippen molar-refractivity contribution >= 4 is 11.4 Å². The van der Waals surface area contributed by atoms with Crippen LogP contribution < -0.4 is 4.90 Å². The molecule has 0 aliphatic carbocycles. The first kappa shape index (κ1) is 13.8. The van der Waals surface area contributed by atoms with Gasteiger partial charge in [-0.05, 0) is 18.9 Å². The fraction of sp³-hybridized carbons (Fsp3) is 0.538. The number of aliphatic hydroxyl groups is 1. The number of ether oxygens (including phenoxy) is 1. The minimum absolute atomic E-state index is 0.0321. The van der Waals surface area contributed by atoms with E-state index in [9.17, 15) is 10.1 Å². The Morgan fingerprint density at radius 3 is 2.68 bits per heavy atom. The number of benzene rings is 1. The highest BCUT2D eigenvalue weighted by Crippen LogP contribution is 2.30. The standard InChI is InChI=1S/C13H18N2O4/c16-9-10-19-11-5-7-14(8-6-11)12-3-1-2-4-13(12)15(17)18/h1-4,11,16H,5-10H2. The smallest absolute Gasteiger partial charge is 0.292 e. The third-order valence-corrected chi connectivity index (χ3v) is 3.31. The van der Waals surface area contributed by atoms with Crippen LogP contribution in [0.25, 0.3) is 0 Å². The Labute approximate surface area is 111 Å². The number of piperidine rings is 1. The van der Waals surface area contributed by atoms with Gasteiger partial charge in [-0.1, -0.05) is 12.1 Å². The average molecular weight is 266 g/mol. The van der Waals surface area contributed by atoms with Crippen molar-refractivity contribution < 1.29 is 14.8 Å². The van der Waals surface area contributed by atoms with Crippen molar-refractivity contribution in [2.45, 2.75) is 18.9 Å². The Bertz CT molecular complexity index is 430. The molecular formula is C13H18N2O4. The maximum Gasteiger partial charge on any atom is 0.292 e. The molecule has 0 spiro atoms. The summed E-state index contributed by atoms with van der Waals surface area (Å²) < 4.78 is 5.48. The zero-order valence-corrected chi connectivity index (χ0v) is 10.7. The number of hydrogen-bond acceptors (Lipinski definition) is 5. The van der Waals surface area contributed by atoms with Crippen LogP contribution >= 0.6 is 0 Å². The van der Waals surface area contributed by atoms with Gasteiger partial charge in [0.05, 0.1) is 24.2 Å². The lowest BCUT2D eigenvalue weighted by Crippen LogP contribution is -2.37. The number of nitro benzene ring substituents is 1. The van der Waals surface area contributed by atoms with Crippen LogP contribution in [-0.2, 0) is 4.74 Å². The van der Waals surface area contributed by atoms with Crippen LogP contribution in [0.3, 0.4) is 0 Å². The number of aliphatic hydroxyl groups excluding tert-OH is 1. The lowest BCUT2D eigenvalue weighted by Gasteiger charge is -2.33. The molecule has 1 aromatic carbocycles. The summed E-state index contributed by atoms with van der Waals surface area (Å²) in [6.07, 6.45) is 1.80. The second-order valence-corrected chi connectivity index (χ2v) is 4.53. The molecule has 0 amide bonds. The van der Waals surface area contributed by atoms with Crippen LogP contribution in [0.5, 0.6) is 0 Å². The van der Waals surface area contributed by atoms with Gasteiger partial charge in [0, 0.05) is 19.2 Å². The maximum absolute atomic E-state index is 11.0. The van der Waals surface area contributed by atoms with Gasteiger partial charge in [-0.2, -0.15) is 0 Å². The van der Waals surface area contributed by atoms with Gasteiger partial charge < -0.3 is 14.7 Å². The van der Waals surface area contributed by atoms with Crippen LogP contribution in [0.1, 0.15) is 12.8 Å². The zero-order valence-electron chi connectivity index (χ0n) is 10.7. The number of para-hydroxylation sites is 2. The molecule has 1 aliphatic heterocycles. The molecule has 1 aliphatic rings. The summed E-state index contributed by atoms with van der Waals surface area (Å²) in [5.74, 6) is 0. The average Bonchev–Trinajstić information content (AvgIpc) is 2.45. The van der Waals surface area contributed by atoms with E-state index in [1.54, 1.807) is 12.1 Å². The molecule has 0 aromatic heterocycles. The van der Waals surface area contributed by atoms with Crippen LogP contribution in [0, 0.1) is 10.1 Å². The first-order chi connectivity index (χ1) is 9.22. The molecule has 2 rings (SSSR count). The predicted octanol–water partition coefficient (Wildman–Crippen LogP) is 1.57. The van der Waals surface area contributed by atoms with E-state index in [0.29, 0.717) is 12.3 Å². The first-order valence-electron chi connectivity index (χ1n) is 6.43. The van der Waals surface area contributed by atoms with Gasteiger partial charge in [0.2, 0.25) is 0 Å². The minimum atomic E-state index is -0.344. The highest BCUT2D eigenvalue weighted by atomic mass is 16.6. The quantitative estimate of drug-likeness (QED) is 0.646. The van der Waals surface area contributed by atoms with E-state index in [1.807, 2.05) is 11.0 Å². The Hall–Kier alpha value is -1.66. The van der Waals surface area contributed by atoms with Gasteiger partial charge >= 0.3 is 0 Å². The van der Waals surface area contributed by atoms with E-state index in [0.717, 1.165) is 25.9 Å². The van der Waals surface area contributed by atoms with E-state index in [2.05, 4.69) is 0 Å². The number of nitro groups is 1. The predicted molar refractivity (Wildman–Crippen MR) is 71.4 cm³/mol. The molecule has 1 fully saturated rings. The normalized spacial score (nSPS) is 16.6. The Morgan fingerprint density at radius 1 is 1.37 bits per heavy atom. The molecular weight excluding hydrogens is 248 g/mol. The Kier molecular flexibility index (Phi) is 4.70. The van der Waals surface area contributed by atoms with Gasteiger partial charge in [-0.15, -0.1) is 0 Å². The van der Waals surface area contributed by atoms with Gasteiger partial charge in [0.25, 0.3) is 5.69 Å². The highest BCUT2D eigenvalue weighted by Gasteiger charge is 2.24. The molecule has 104 valence electrons. The monoisotopic (exact) mass is 266 g/mol. The summed E-state index contributed by atoms with van der Waals surface area (Å²) in [6.45, 7) is 1.86.